The molecule has 0 spiro atoms. The quantitative estimate of drug-likeness (QED) is 0.705. The highest BCUT2D eigenvalue weighted by atomic mass is 16.5. The number of rotatable bonds is 1. The molecule has 2 bridgehead atoms. The van der Waals surface area contributed by atoms with Crippen molar-refractivity contribution in [2.24, 2.45) is 11.8 Å². The summed E-state index contributed by atoms with van der Waals surface area (Å²) in [5, 5.41) is 0. The Kier molecular flexibility index (Phi) is 1.87. The van der Waals surface area contributed by atoms with Crippen LogP contribution in [0.25, 0.3) is 0 Å². The lowest BCUT2D eigenvalue weighted by Gasteiger charge is -2.43. The van der Waals surface area contributed by atoms with Gasteiger partial charge in [-0.25, -0.2) is 4.79 Å². The van der Waals surface area contributed by atoms with Crippen LogP contribution in [0.4, 0.5) is 0 Å². The normalized spacial score (nSPS) is 35.0. The Morgan fingerprint density at radius 2 is 1.78 bits per heavy atom. The molecule has 0 aromatic heterocycles. The summed E-state index contributed by atoms with van der Waals surface area (Å²) in [5.41, 5.74) is 5.23. The van der Waals surface area contributed by atoms with Gasteiger partial charge in [0.25, 0.3) is 0 Å². The van der Waals surface area contributed by atoms with E-state index in [9.17, 15) is 4.79 Å². The molecule has 0 saturated heterocycles. The van der Waals surface area contributed by atoms with E-state index in [0.29, 0.717) is 23.7 Å². The van der Waals surface area contributed by atoms with E-state index < -0.39 is 0 Å². The zero-order valence-corrected chi connectivity index (χ0v) is 10.6. The van der Waals surface area contributed by atoms with Gasteiger partial charge < -0.3 is 4.74 Å². The highest BCUT2D eigenvalue weighted by Gasteiger charge is 2.59. The maximum absolute atomic E-state index is 11.9. The van der Waals surface area contributed by atoms with E-state index in [1.807, 2.05) is 0 Å². The third kappa shape index (κ3) is 0.984. The minimum atomic E-state index is -0.112. The van der Waals surface area contributed by atoms with Crippen molar-refractivity contribution in [3.63, 3.8) is 0 Å². The van der Waals surface area contributed by atoms with Gasteiger partial charge in [0.2, 0.25) is 0 Å². The smallest absolute Gasteiger partial charge is 0.334 e. The maximum Gasteiger partial charge on any atom is 0.334 e. The second-order valence-corrected chi connectivity index (χ2v) is 5.72. The molecule has 2 heteroatoms. The zero-order valence-electron chi connectivity index (χ0n) is 10.6. The number of benzene rings is 1. The summed E-state index contributed by atoms with van der Waals surface area (Å²) in [5.74, 6) is 2.11. The molecule has 4 rings (SSSR count). The van der Waals surface area contributed by atoms with Crippen LogP contribution in [0, 0.1) is 11.8 Å². The molecule has 1 fully saturated rings. The molecular weight excluding hydrogens is 224 g/mol. The van der Waals surface area contributed by atoms with Crippen LogP contribution in [0.3, 0.4) is 0 Å². The molecule has 0 unspecified atom stereocenters. The number of fused-ring (bicyclic) bond motifs is 8. The topological polar surface area (TPSA) is 26.3 Å². The molecule has 92 valence electrons. The number of esters is 1. The van der Waals surface area contributed by atoms with Crippen molar-refractivity contribution < 1.29 is 9.53 Å². The van der Waals surface area contributed by atoms with Gasteiger partial charge >= 0.3 is 5.97 Å². The summed E-state index contributed by atoms with van der Waals surface area (Å²) in [6.07, 6.45) is 1.21. The van der Waals surface area contributed by atoms with Crippen LogP contribution >= 0.6 is 0 Å². The summed E-state index contributed by atoms with van der Waals surface area (Å²) < 4.78 is 4.93. The molecule has 4 atom stereocenters. The van der Waals surface area contributed by atoms with Crippen LogP contribution in [-0.2, 0) is 9.53 Å². The monoisotopic (exact) mass is 240 g/mol. The average molecular weight is 240 g/mol. The van der Waals surface area contributed by atoms with Gasteiger partial charge in [0.15, 0.2) is 0 Å². The molecule has 0 heterocycles. The molecule has 1 saturated carbocycles. The predicted octanol–water partition coefficient (Wildman–Crippen LogP) is 3.01. The van der Waals surface area contributed by atoms with E-state index in [1.165, 1.54) is 30.2 Å². The van der Waals surface area contributed by atoms with Crippen molar-refractivity contribution in [1.82, 2.24) is 0 Å². The summed E-state index contributed by atoms with van der Waals surface area (Å²) >= 11 is 0. The predicted molar refractivity (Wildman–Crippen MR) is 68.2 cm³/mol. The third-order valence-electron chi connectivity index (χ3n) is 5.22. The van der Waals surface area contributed by atoms with Crippen molar-refractivity contribution in [3.05, 3.63) is 46.5 Å². The van der Waals surface area contributed by atoms with Crippen molar-refractivity contribution in [2.45, 2.75) is 25.2 Å². The van der Waals surface area contributed by atoms with Crippen molar-refractivity contribution >= 4 is 5.97 Å². The van der Waals surface area contributed by atoms with E-state index in [-0.39, 0.29) is 5.97 Å². The lowest BCUT2D eigenvalue weighted by Crippen LogP contribution is -2.37. The van der Waals surface area contributed by atoms with Crippen LogP contribution in [-0.4, -0.2) is 13.1 Å². The molecule has 3 aliphatic carbocycles. The number of hydrogen-bond donors (Lipinski definition) is 0. The number of ether oxygens (including phenoxy) is 1. The van der Waals surface area contributed by atoms with Crippen LogP contribution in [0.15, 0.2) is 35.4 Å². The van der Waals surface area contributed by atoms with E-state index >= 15 is 0 Å². The van der Waals surface area contributed by atoms with Crippen molar-refractivity contribution in [3.8, 4) is 0 Å². The number of carbonyl (C=O) groups excluding carboxylic acids is 1. The fraction of sp³-hybridized carbons (Fsp3) is 0.438. The van der Waals surface area contributed by atoms with E-state index in [4.69, 9.17) is 4.74 Å². The zero-order chi connectivity index (χ0) is 12.4. The Hall–Kier alpha value is -1.57. The molecule has 0 N–H and O–H groups in total. The van der Waals surface area contributed by atoms with Gasteiger partial charge in [0.1, 0.15) is 0 Å². The van der Waals surface area contributed by atoms with Gasteiger partial charge in [-0.3, -0.25) is 0 Å². The molecule has 2 nitrogen and oxygen atoms in total. The van der Waals surface area contributed by atoms with Gasteiger partial charge in [-0.05, 0) is 42.2 Å². The Bertz CT molecular complexity index is 585. The van der Waals surface area contributed by atoms with Gasteiger partial charge in [-0.15, -0.1) is 0 Å². The summed E-state index contributed by atoms with van der Waals surface area (Å²) in [4.78, 5) is 11.9. The molecule has 1 aromatic rings. The van der Waals surface area contributed by atoms with Gasteiger partial charge in [-0.2, -0.15) is 0 Å². The molecule has 1 aromatic carbocycles. The van der Waals surface area contributed by atoms with E-state index in [0.717, 1.165) is 5.57 Å². The Balaban J connectivity index is 1.80. The third-order valence-corrected chi connectivity index (χ3v) is 5.22. The largest absolute Gasteiger partial charge is 0.466 e. The molecular formula is C16H16O2. The van der Waals surface area contributed by atoms with Gasteiger partial charge in [0, 0.05) is 11.5 Å². The van der Waals surface area contributed by atoms with Gasteiger partial charge in [0.05, 0.1) is 7.11 Å². The number of hydrogen-bond acceptors (Lipinski definition) is 2. The molecule has 3 aliphatic rings. The first kappa shape index (κ1) is 10.4. The second kappa shape index (κ2) is 3.25. The fourth-order valence-corrected chi connectivity index (χ4v) is 4.60. The first-order valence-corrected chi connectivity index (χ1v) is 6.62. The van der Waals surface area contributed by atoms with Crippen LogP contribution in [0.2, 0.25) is 0 Å². The van der Waals surface area contributed by atoms with E-state index in [1.54, 1.807) is 0 Å². The lowest BCUT2D eigenvalue weighted by molar-refractivity contribution is -0.137. The highest BCUT2D eigenvalue weighted by Crippen LogP contribution is 2.68. The highest BCUT2D eigenvalue weighted by molar-refractivity contribution is 5.93. The van der Waals surface area contributed by atoms with Crippen LogP contribution in [0.5, 0.6) is 0 Å². The second-order valence-electron chi connectivity index (χ2n) is 5.72. The van der Waals surface area contributed by atoms with Gasteiger partial charge in [-0.1, -0.05) is 29.8 Å². The molecule has 18 heavy (non-hydrogen) atoms. The van der Waals surface area contributed by atoms with E-state index in [2.05, 4.69) is 31.2 Å². The Labute approximate surface area is 107 Å². The Morgan fingerprint density at radius 1 is 1.17 bits per heavy atom. The minimum absolute atomic E-state index is 0.112. The van der Waals surface area contributed by atoms with Crippen molar-refractivity contribution in [2.75, 3.05) is 7.11 Å². The summed E-state index contributed by atoms with van der Waals surface area (Å²) in [6.45, 7) is 2.11. The number of carbonyl (C=O) groups is 1. The Morgan fingerprint density at radius 3 is 2.39 bits per heavy atom. The lowest BCUT2D eigenvalue weighted by atomic mass is 9.60. The first-order valence-electron chi connectivity index (χ1n) is 6.62. The number of allylic oxidation sites excluding steroid dienone is 1. The molecule has 0 aliphatic heterocycles. The number of methoxy groups -OCH3 is 1. The van der Waals surface area contributed by atoms with Crippen molar-refractivity contribution in [1.29, 1.82) is 0 Å². The average Bonchev–Trinajstić information content (AvgIpc) is 2.91. The fourth-order valence-electron chi connectivity index (χ4n) is 4.60. The van der Waals surface area contributed by atoms with Crippen LogP contribution < -0.4 is 0 Å². The summed E-state index contributed by atoms with van der Waals surface area (Å²) in [7, 11) is 1.48. The molecule has 0 amide bonds. The maximum atomic E-state index is 11.9. The molecule has 0 radical (unpaired) electrons. The van der Waals surface area contributed by atoms with Crippen LogP contribution in [0.1, 0.15) is 36.3 Å². The SMILES string of the molecule is COC(=O)C1=C(C)[C@H]2[C@@H]1[C@H]1C[C@@H]2c2ccccc21. The minimum Gasteiger partial charge on any atom is -0.466 e. The first-order chi connectivity index (χ1) is 8.74. The summed E-state index contributed by atoms with van der Waals surface area (Å²) in [6, 6.07) is 8.74. The standard InChI is InChI=1S/C16H16O2/c1-8-13-11-7-12(10-6-4-3-5-9(10)11)15(13)14(8)16(17)18-2/h3-6,11-13,15H,7H2,1-2H3/t11-,12+,13-,15+/m1/s1.